The molecule has 7 heteroatoms. The molecule has 0 unspecified atom stereocenters. The first-order chi connectivity index (χ1) is 12.0. The Morgan fingerprint density at radius 1 is 1.20 bits per heavy atom. The van der Waals surface area contributed by atoms with Crippen LogP contribution in [-0.2, 0) is 6.54 Å². The molecule has 0 aliphatic carbocycles. The molecule has 130 valence electrons. The van der Waals surface area contributed by atoms with Crippen molar-refractivity contribution in [1.29, 1.82) is 0 Å². The van der Waals surface area contributed by atoms with E-state index in [1.807, 2.05) is 24.3 Å². The molecule has 0 atom stereocenters. The van der Waals surface area contributed by atoms with Crippen LogP contribution < -0.4 is 4.74 Å². The molecule has 4 nitrogen and oxygen atoms in total. The van der Waals surface area contributed by atoms with Crippen molar-refractivity contribution in [3.8, 4) is 5.75 Å². The molecule has 3 rings (SSSR count). The van der Waals surface area contributed by atoms with Gasteiger partial charge >= 0.3 is 6.61 Å². The minimum absolute atomic E-state index is 0.0890. The first-order valence-electron chi connectivity index (χ1n) is 7.51. The monoisotopic (exact) mass is 408 g/mol. The summed E-state index contributed by atoms with van der Waals surface area (Å²) in [5.41, 5.74) is 2.16. The number of aromatic amines is 1. The molecule has 1 heterocycles. The maximum Gasteiger partial charge on any atom is 0.387 e. The summed E-state index contributed by atoms with van der Waals surface area (Å²) in [6, 6.07) is 13.8. The molecular formula is C18H15BrF2N2O2. The van der Waals surface area contributed by atoms with Crippen LogP contribution >= 0.6 is 15.9 Å². The maximum atomic E-state index is 12.7. The van der Waals surface area contributed by atoms with Crippen molar-refractivity contribution in [2.75, 3.05) is 7.05 Å². The van der Waals surface area contributed by atoms with Crippen molar-refractivity contribution >= 4 is 32.7 Å². The Morgan fingerprint density at radius 2 is 1.88 bits per heavy atom. The van der Waals surface area contributed by atoms with Crippen LogP contribution in [-0.4, -0.2) is 29.5 Å². The van der Waals surface area contributed by atoms with Crippen LogP contribution in [0.15, 0.2) is 53.0 Å². The van der Waals surface area contributed by atoms with Crippen LogP contribution in [0.25, 0.3) is 10.9 Å². The number of carbonyl (C=O) groups is 1. The lowest BCUT2D eigenvalue weighted by Crippen LogP contribution is -2.26. The molecule has 1 aromatic heterocycles. The van der Waals surface area contributed by atoms with Gasteiger partial charge in [0.25, 0.3) is 5.91 Å². The zero-order valence-corrected chi connectivity index (χ0v) is 14.9. The van der Waals surface area contributed by atoms with Crippen LogP contribution in [0.2, 0.25) is 0 Å². The Balaban J connectivity index is 1.74. The highest BCUT2D eigenvalue weighted by Crippen LogP contribution is 2.28. The molecule has 25 heavy (non-hydrogen) atoms. The lowest BCUT2D eigenvalue weighted by Gasteiger charge is -2.17. The van der Waals surface area contributed by atoms with Gasteiger partial charge in [-0.2, -0.15) is 8.78 Å². The second-order valence-corrected chi connectivity index (χ2v) is 6.34. The normalized spacial score (nSPS) is 11.1. The molecule has 0 bridgehead atoms. The summed E-state index contributed by atoms with van der Waals surface area (Å²) in [6.07, 6.45) is 0. The van der Waals surface area contributed by atoms with Gasteiger partial charge in [0.15, 0.2) is 0 Å². The Kier molecular flexibility index (Phi) is 5.03. The number of fused-ring (bicyclic) bond motifs is 1. The number of aromatic nitrogens is 1. The van der Waals surface area contributed by atoms with E-state index >= 15 is 0 Å². The molecule has 0 aliphatic heterocycles. The number of hydrogen-bond acceptors (Lipinski definition) is 2. The van der Waals surface area contributed by atoms with Crippen molar-refractivity contribution in [2.45, 2.75) is 13.2 Å². The summed E-state index contributed by atoms with van der Waals surface area (Å²) in [5.74, 6) is -0.0814. The molecule has 1 amide bonds. The van der Waals surface area contributed by atoms with E-state index in [1.165, 1.54) is 12.1 Å². The third-order valence-electron chi connectivity index (χ3n) is 3.77. The number of carbonyl (C=O) groups excluding carboxylic acids is 1. The van der Waals surface area contributed by atoms with Gasteiger partial charge < -0.3 is 14.6 Å². The van der Waals surface area contributed by atoms with E-state index in [9.17, 15) is 13.6 Å². The summed E-state index contributed by atoms with van der Waals surface area (Å²) < 4.78 is 29.4. The van der Waals surface area contributed by atoms with E-state index in [2.05, 4.69) is 25.7 Å². The Labute approximate surface area is 151 Å². The summed E-state index contributed by atoms with van der Waals surface area (Å²) >= 11 is 3.47. The summed E-state index contributed by atoms with van der Waals surface area (Å²) in [7, 11) is 1.68. The molecule has 1 N–H and O–H groups in total. The van der Waals surface area contributed by atoms with Gasteiger partial charge in [-0.25, -0.2) is 0 Å². The number of H-pyrrole nitrogens is 1. The molecule has 0 saturated heterocycles. The highest BCUT2D eigenvalue weighted by molar-refractivity contribution is 9.10. The summed E-state index contributed by atoms with van der Waals surface area (Å²) in [4.78, 5) is 17.4. The fourth-order valence-corrected chi connectivity index (χ4v) is 3.18. The van der Waals surface area contributed by atoms with Crippen molar-refractivity contribution in [1.82, 2.24) is 9.88 Å². The van der Waals surface area contributed by atoms with Crippen molar-refractivity contribution in [3.05, 3.63) is 64.3 Å². The fraction of sp³-hybridized carbons (Fsp3) is 0.167. The topological polar surface area (TPSA) is 45.3 Å². The number of halogens is 3. The second kappa shape index (κ2) is 7.23. The number of amides is 1. The van der Waals surface area contributed by atoms with Gasteiger partial charge in [-0.05, 0) is 39.7 Å². The minimum Gasteiger partial charge on any atom is -0.435 e. The number of alkyl halides is 2. The minimum atomic E-state index is -2.85. The van der Waals surface area contributed by atoms with Gasteiger partial charge in [-0.3, -0.25) is 4.79 Å². The van der Waals surface area contributed by atoms with Gasteiger partial charge in [0.1, 0.15) is 11.4 Å². The molecule has 0 aliphatic rings. The molecule has 0 spiro atoms. The van der Waals surface area contributed by atoms with E-state index in [0.29, 0.717) is 12.2 Å². The van der Waals surface area contributed by atoms with E-state index in [1.54, 1.807) is 24.1 Å². The number of benzene rings is 2. The average molecular weight is 409 g/mol. The highest BCUT2D eigenvalue weighted by Gasteiger charge is 2.19. The number of para-hydroxylation sites is 1. The lowest BCUT2D eigenvalue weighted by atomic mass is 10.2. The van der Waals surface area contributed by atoms with Crippen LogP contribution in [0.4, 0.5) is 8.78 Å². The van der Waals surface area contributed by atoms with Gasteiger partial charge in [0, 0.05) is 24.5 Å². The van der Waals surface area contributed by atoms with E-state index < -0.39 is 6.61 Å². The first kappa shape index (κ1) is 17.4. The maximum absolute atomic E-state index is 12.7. The zero-order chi connectivity index (χ0) is 18.0. The highest BCUT2D eigenvalue weighted by atomic mass is 79.9. The Bertz CT molecular complexity index is 894. The van der Waals surface area contributed by atoms with E-state index in [4.69, 9.17) is 0 Å². The molecule has 0 saturated carbocycles. The standard InChI is InChI=1S/C18H15BrF2N2O2/c1-23(10-11-6-8-12(9-7-11)25-18(20)21)17(24)16-15(19)13-4-2-3-5-14(13)22-16/h2-9,18,22H,10H2,1H3. The average Bonchev–Trinajstić information content (AvgIpc) is 2.93. The van der Waals surface area contributed by atoms with Crippen molar-refractivity contribution in [3.63, 3.8) is 0 Å². The van der Waals surface area contributed by atoms with Gasteiger partial charge in [-0.1, -0.05) is 30.3 Å². The third kappa shape index (κ3) is 3.82. The largest absolute Gasteiger partial charge is 0.435 e. The molecule has 0 fully saturated rings. The van der Waals surface area contributed by atoms with Crippen molar-refractivity contribution in [2.24, 2.45) is 0 Å². The number of nitrogens with zero attached hydrogens (tertiary/aromatic N) is 1. The van der Waals surface area contributed by atoms with E-state index in [-0.39, 0.29) is 11.7 Å². The number of rotatable bonds is 5. The summed E-state index contributed by atoms with van der Waals surface area (Å²) in [5, 5.41) is 0.938. The fourth-order valence-electron chi connectivity index (χ4n) is 2.57. The van der Waals surface area contributed by atoms with Crippen LogP contribution in [0.1, 0.15) is 16.1 Å². The third-order valence-corrected chi connectivity index (χ3v) is 4.60. The predicted molar refractivity (Wildman–Crippen MR) is 94.9 cm³/mol. The van der Waals surface area contributed by atoms with E-state index in [0.717, 1.165) is 20.9 Å². The molecule has 3 aromatic rings. The molecule has 2 aromatic carbocycles. The second-order valence-electron chi connectivity index (χ2n) is 5.54. The number of nitrogens with one attached hydrogen (secondary N) is 1. The van der Waals surface area contributed by atoms with Gasteiger partial charge in [0.2, 0.25) is 0 Å². The van der Waals surface area contributed by atoms with Crippen LogP contribution in [0, 0.1) is 0 Å². The molecular weight excluding hydrogens is 394 g/mol. The number of hydrogen-bond donors (Lipinski definition) is 1. The smallest absolute Gasteiger partial charge is 0.387 e. The van der Waals surface area contributed by atoms with Crippen molar-refractivity contribution < 1.29 is 18.3 Å². The number of ether oxygens (including phenoxy) is 1. The molecule has 0 radical (unpaired) electrons. The van der Waals surface area contributed by atoms with Gasteiger partial charge in [-0.15, -0.1) is 0 Å². The van der Waals surface area contributed by atoms with Crippen LogP contribution in [0.3, 0.4) is 0 Å². The summed E-state index contributed by atoms with van der Waals surface area (Å²) in [6.45, 7) is -2.51. The quantitative estimate of drug-likeness (QED) is 0.658. The predicted octanol–water partition coefficient (Wildman–Crippen LogP) is 4.80. The van der Waals surface area contributed by atoms with Crippen LogP contribution in [0.5, 0.6) is 5.75 Å². The zero-order valence-electron chi connectivity index (χ0n) is 13.3. The first-order valence-corrected chi connectivity index (χ1v) is 8.30. The lowest BCUT2D eigenvalue weighted by molar-refractivity contribution is -0.0498. The van der Waals surface area contributed by atoms with Gasteiger partial charge in [0.05, 0.1) is 4.47 Å². The Hall–Kier alpha value is -2.41. The Morgan fingerprint density at radius 3 is 2.52 bits per heavy atom. The SMILES string of the molecule is CN(Cc1ccc(OC(F)F)cc1)C(=O)c1[nH]c2ccccc2c1Br.